The van der Waals surface area contributed by atoms with E-state index in [-0.39, 0.29) is 0 Å². The molecule has 8 heteroatoms. The molecule has 0 fully saturated rings. The van der Waals surface area contributed by atoms with Crippen LogP contribution < -0.4 is 0 Å². The van der Waals surface area contributed by atoms with E-state index in [9.17, 15) is 0 Å². The van der Waals surface area contributed by atoms with E-state index in [1.54, 1.807) is 0 Å². The van der Waals surface area contributed by atoms with Gasteiger partial charge in [-0.1, -0.05) is 47.0 Å². The number of thioether (sulfide) groups is 8. The first kappa shape index (κ1) is 14.0. The van der Waals surface area contributed by atoms with E-state index in [2.05, 4.69) is 12.5 Å². The van der Waals surface area contributed by atoms with Gasteiger partial charge in [-0.2, -0.15) is 0 Å². The molecule has 0 saturated heterocycles. The Kier molecular flexibility index (Phi) is 5.10. The van der Waals surface area contributed by atoms with E-state index >= 15 is 0 Å². The number of hydrogen-bond acceptors (Lipinski definition) is 8. The predicted molar refractivity (Wildman–Crippen MR) is 98.5 cm³/mol. The Bertz CT molecular complexity index is 410. The van der Waals surface area contributed by atoms with Gasteiger partial charge in [-0.05, 0) is 12.5 Å². The minimum Gasteiger partial charge on any atom is -0.121 e. The zero-order valence-corrected chi connectivity index (χ0v) is 15.5. The van der Waals surface area contributed by atoms with Crippen LogP contribution in [0.15, 0.2) is 25.4 Å². The van der Waals surface area contributed by atoms with Crippen LogP contribution in [0.5, 0.6) is 0 Å². The molecule has 3 rings (SSSR count). The lowest BCUT2D eigenvalue weighted by Crippen LogP contribution is -1.69. The van der Waals surface area contributed by atoms with Gasteiger partial charge in [0.1, 0.15) is 0 Å². The molecule has 0 spiro atoms. The molecule has 0 nitrogen and oxygen atoms in total. The first-order valence-corrected chi connectivity index (χ1v) is 12.3. The highest BCUT2D eigenvalue weighted by Gasteiger charge is 2.32. The normalized spacial score (nSPS) is 24.4. The molecule has 0 amide bonds. The second kappa shape index (κ2) is 6.20. The fourth-order valence-corrected chi connectivity index (χ4v) is 13.0. The van der Waals surface area contributed by atoms with E-state index in [1.165, 1.54) is 30.5 Å². The summed E-state index contributed by atoms with van der Waals surface area (Å²) in [5.41, 5.74) is 0. The van der Waals surface area contributed by atoms with E-state index in [0.717, 1.165) is 0 Å². The molecule has 0 aromatic rings. The summed E-state index contributed by atoms with van der Waals surface area (Å²) in [6, 6.07) is 0. The zero-order valence-electron chi connectivity index (χ0n) is 8.97. The molecule has 0 aromatic carbocycles. The summed E-state index contributed by atoms with van der Waals surface area (Å²) in [5.74, 6) is 0. The van der Waals surface area contributed by atoms with E-state index in [4.69, 9.17) is 0 Å². The molecule has 92 valence electrons. The molecular formula is C9H8S8. The lowest BCUT2D eigenvalue weighted by atomic mass is 11.2. The Morgan fingerprint density at radius 2 is 1.18 bits per heavy atom. The Morgan fingerprint density at radius 1 is 0.706 bits per heavy atom. The van der Waals surface area contributed by atoms with Crippen molar-refractivity contribution in [3.05, 3.63) is 25.4 Å². The molecular weight excluding hydrogens is 365 g/mol. The third-order valence-corrected chi connectivity index (χ3v) is 13.4. The van der Waals surface area contributed by atoms with Crippen LogP contribution in [0.3, 0.4) is 0 Å². The van der Waals surface area contributed by atoms with Crippen LogP contribution in [0.25, 0.3) is 0 Å². The van der Waals surface area contributed by atoms with Gasteiger partial charge in [0.25, 0.3) is 0 Å². The Labute approximate surface area is 136 Å². The highest BCUT2D eigenvalue weighted by atomic mass is 32.3. The molecule has 0 aromatic heterocycles. The maximum absolute atomic E-state index is 2.17. The Hall–Kier alpha value is 2.02. The molecule has 3 heterocycles. The molecule has 0 saturated carbocycles. The maximum Gasteiger partial charge on any atom is 0.0717 e. The molecule has 0 aliphatic carbocycles. The summed E-state index contributed by atoms with van der Waals surface area (Å²) in [6.45, 7) is 0. The van der Waals surface area contributed by atoms with Gasteiger partial charge < -0.3 is 0 Å². The lowest BCUT2D eigenvalue weighted by molar-refractivity contribution is 2.30. The van der Waals surface area contributed by atoms with Gasteiger partial charge in [0.05, 0.1) is 25.4 Å². The van der Waals surface area contributed by atoms with Gasteiger partial charge >= 0.3 is 0 Å². The second-order valence-electron chi connectivity index (χ2n) is 2.95. The van der Waals surface area contributed by atoms with Crippen molar-refractivity contribution in [3.63, 3.8) is 0 Å². The Morgan fingerprint density at radius 3 is 1.65 bits per heavy atom. The zero-order chi connectivity index (χ0) is 11.8. The van der Waals surface area contributed by atoms with Crippen molar-refractivity contribution >= 4 is 94.1 Å². The second-order valence-corrected chi connectivity index (χ2v) is 12.6. The Balaban J connectivity index is 1.77. The monoisotopic (exact) mass is 372 g/mol. The standard InChI is InChI=1S/C9H8S8/c1-10-4-5(11-2)15-8(14-4)9-16-6-7(17-9)13-3-12-6/h3H2,1-2H3. The third kappa shape index (κ3) is 2.89. The van der Waals surface area contributed by atoms with Crippen LogP contribution in [0.1, 0.15) is 0 Å². The smallest absolute Gasteiger partial charge is 0.0717 e. The highest BCUT2D eigenvalue weighted by Crippen LogP contribution is 2.67. The molecule has 0 N–H and O–H groups in total. The van der Waals surface area contributed by atoms with Gasteiger partial charge in [0.2, 0.25) is 0 Å². The molecule has 0 unspecified atom stereocenters. The third-order valence-electron chi connectivity index (χ3n) is 1.99. The number of hydrogen-bond donors (Lipinski definition) is 0. The molecule has 0 radical (unpaired) electrons. The molecule has 0 atom stereocenters. The summed E-state index contributed by atoms with van der Waals surface area (Å²) in [6.07, 6.45) is 4.34. The van der Waals surface area contributed by atoms with E-state index < -0.39 is 0 Å². The summed E-state index contributed by atoms with van der Waals surface area (Å²) in [7, 11) is 0. The van der Waals surface area contributed by atoms with Crippen LogP contribution in [0, 0.1) is 0 Å². The summed E-state index contributed by atoms with van der Waals surface area (Å²) in [5, 5.41) is 1.21. The first-order valence-electron chi connectivity index (χ1n) is 4.59. The van der Waals surface area contributed by atoms with Crippen molar-refractivity contribution in [2.75, 3.05) is 17.6 Å². The highest BCUT2D eigenvalue weighted by molar-refractivity contribution is 8.47. The van der Waals surface area contributed by atoms with Gasteiger partial charge in [-0.25, -0.2) is 0 Å². The van der Waals surface area contributed by atoms with E-state index in [1.807, 2.05) is 94.1 Å². The molecule has 3 aliphatic heterocycles. The van der Waals surface area contributed by atoms with Crippen molar-refractivity contribution in [2.45, 2.75) is 0 Å². The van der Waals surface area contributed by atoms with Crippen molar-refractivity contribution in [3.8, 4) is 0 Å². The summed E-state index contributed by atoms with van der Waals surface area (Å²) >= 11 is 15.6. The van der Waals surface area contributed by atoms with Crippen LogP contribution in [0.2, 0.25) is 0 Å². The van der Waals surface area contributed by atoms with Gasteiger partial charge in [0.15, 0.2) is 0 Å². The van der Waals surface area contributed by atoms with Crippen molar-refractivity contribution in [1.82, 2.24) is 0 Å². The van der Waals surface area contributed by atoms with Crippen molar-refractivity contribution < 1.29 is 0 Å². The first-order chi connectivity index (χ1) is 8.31. The van der Waals surface area contributed by atoms with Gasteiger partial charge in [-0.3, -0.25) is 0 Å². The minimum atomic E-state index is 1.21. The SMILES string of the molecule is CSC1=C(SC)SC(=C2SC3=C(SCS3)S2)S1. The predicted octanol–water partition coefficient (Wildman–Crippen LogP) is 6.49. The van der Waals surface area contributed by atoms with Crippen LogP contribution >= 0.6 is 94.1 Å². The fraction of sp³-hybridized carbons (Fsp3) is 0.333. The fourth-order valence-electron chi connectivity index (χ4n) is 1.28. The molecule has 17 heavy (non-hydrogen) atoms. The van der Waals surface area contributed by atoms with Crippen molar-refractivity contribution in [2.24, 2.45) is 0 Å². The van der Waals surface area contributed by atoms with Crippen molar-refractivity contribution in [1.29, 1.82) is 0 Å². The number of rotatable bonds is 2. The van der Waals surface area contributed by atoms with Crippen LogP contribution in [-0.4, -0.2) is 17.6 Å². The van der Waals surface area contributed by atoms with E-state index in [0.29, 0.717) is 0 Å². The largest absolute Gasteiger partial charge is 0.121 e. The summed E-state index contributed by atoms with van der Waals surface area (Å²) < 4.78 is 9.00. The molecule has 0 bridgehead atoms. The summed E-state index contributed by atoms with van der Waals surface area (Å²) in [4.78, 5) is 0. The van der Waals surface area contributed by atoms with Gasteiger partial charge in [0, 0.05) is 5.08 Å². The average molecular weight is 373 g/mol. The van der Waals surface area contributed by atoms with Crippen LogP contribution in [0.4, 0.5) is 0 Å². The minimum absolute atomic E-state index is 1.21. The lowest BCUT2D eigenvalue weighted by Gasteiger charge is -2.03. The maximum atomic E-state index is 2.17. The van der Waals surface area contributed by atoms with Crippen LogP contribution in [-0.2, 0) is 0 Å². The average Bonchev–Trinajstić information content (AvgIpc) is 3.00. The topological polar surface area (TPSA) is 0 Å². The van der Waals surface area contributed by atoms with Gasteiger partial charge in [-0.15, -0.1) is 47.0 Å². The molecule has 3 aliphatic rings. The quantitative estimate of drug-likeness (QED) is 0.532.